The summed E-state index contributed by atoms with van der Waals surface area (Å²) in [4.78, 5) is 24.8. The van der Waals surface area contributed by atoms with E-state index in [1.807, 2.05) is 6.92 Å². The Labute approximate surface area is 125 Å². The molecule has 1 aliphatic rings. The van der Waals surface area contributed by atoms with Crippen LogP contribution < -0.4 is 5.32 Å². The van der Waals surface area contributed by atoms with Crippen molar-refractivity contribution in [2.24, 2.45) is 0 Å². The number of carboxylic acid groups (broad SMARTS) is 1. The molecule has 7 nitrogen and oxygen atoms in total. The fraction of sp³-hybridized carbons (Fsp3) is 0.846. The van der Waals surface area contributed by atoms with Gasteiger partial charge in [0.25, 0.3) is 0 Å². The zero-order chi connectivity index (χ0) is 16.3. The first-order chi connectivity index (χ1) is 9.61. The van der Waals surface area contributed by atoms with Crippen LogP contribution in [0.1, 0.15) is 33.1 Å². The summed E-state index contributed by atoms with van der Waals surface area (Å²) in [6.45, 7) is 3.31. The summed E-state index contributed by atoms with van der Waals surface area (Å²) in [7, 11) is -1.48. The zero-order valence-corrected chi connectivity index (χ0v) is 13.6. The SMILES string of the molecule is CCCC(C)(NCC(=O)N(C)C1CCS(=O)(=O)C1)C(=O)O. The first-order valence-electron chi connectivity index (χ1n) is 7.06. The van der Waals surface area contributed by atoms with Crippen molar-refractivity contribution in [3.8, 4) is 0 Å². The molecule has 0 aliphatic carbocycles. The van der Waals surface area contributed by atoms with Crippen LogP contribution in [-0.2, 0) is 19.4 Å². The number of carbonyl (C=O) groups is 2. The fourth-order valence-corrected chi connectivity index (χ4v) is 4.23. The molecule has 0 aromatic rings. The second-order valence-corrected chi connectivity index (χ2v) is 8.03. The van der Waals surface area contributed by atoms with E-state index in [-0.39, 0.29) is 30.0 Å². The fourth-order valence-electron chi connectivity index (χ4n) is 2.45. The number of sulfone groups is 1. The number of hydrogen-bond donors (Lipinski definition) is 2. The molecule has 21 heavy (non-hydrogen) atoms. The third-order valence-electron chi connectivity index (χ3n) is 4.00. The van der Waals surface area contributed by atoms with Crippen molar-refractivity contribution in [2.75, 3.05) is 25.1 Å². The van der Waals surface area contributed by atoms with Crippen LogP contribution in [0.15, 0.2) is 0 Å². The molecular weight excluding hydrogens is 296 g/mol. The topological polar surface area (TPSA) is 104 Å². The number of rotatable bonds is 7. The van der Waals surface area contributed by atoms with E-state index in [0.717, 1.165) is 0 Å². The van der Waals surface area contributed by atoms with Gasteiger partial charge in [0, 0.05) is 13.1 Å². The molecule has 1 aliphatic heterocycles. The molecule has 2 unspecified atom stereocenters. The average molecular weight is 320 g/mol. The van der Waals surface area contributed by atoms with Gasteiger partial charge in [0.2, 0.25) is 5.91 Å². The summed E-state index contributed by atoms with van der Waals surface area (Å²) in [5.41, 5.74) is -1.15. The molecule has 0 bridgehead atoms. The lowest BCUT2D eigenvalue weighted by Crippen LogP contribution is -2.53. The van der Waals surface area contributed by atoms with Crippen LogP contribution in [0.5, 0.6) is 0 Å². The van der Waals surface area contributed by atoms with Gasteiger partial charge in [-0.2, -0.15) is 0 Å². The number of likely N-dealkylation sites (N-methyl/N-ethyl adjacent to an activating group) is 1. The van der Waals surface area contributed by atoms with Crippen LogP contribution in [0.4, 0.5) is 0 Å². The molecule has 2 atom stereocenters. The molecule has 8 heteroatoms. The molecule has 1 heterocycles. The van der Waals surface area contributed by atoms with Gasteiger partial charge in [0.1, 0.15) is 5.54 Å². The molecule has 0 aromatic heterocycles. The maximum Gasteiger partial charge on any atom is 0.323 e. The Balaban J connectivity index is 2.59. The van der Waals surface area contributed by atoms with Crippen LogP contribution >= 0.6 is 0 Å². The third-order valence-corrected chi connectivity index (χ3v) is 5.75. The molecule has 0 spiro atoms. The lowest BCUT2D eigenvalue weighted by molar-refractivity contribution is -0.145. The van der Waals surface area contributed by atoms with Crippen molar-refractivity contribution in [3.63, 3.8) is 0 Å². The van der Waals surface area contributed by atoms with Gasteiger partial charge in [-0.05, 0) is 19.8 Å². The summed E-state index contributed by atoms with van der Waals surface area (Å²) in [5.74, 6) is -1.20. The quantitative estimate of drug-likeness (QED) is 0.677. The van der Waals surface area contributed by atoms with Crippen molar-refractivity contribution in [1.29, 1.82) is 0 Å². The highest BCUT2D eigenvalue weighted by atomic mass is 32.2. The molecular formula is C13H24N2O5S. The van der Waals surface area contributed by atoms with Crippen molar-refractivity contribution in [3.05, 3.63) is 0 Å². The minimum absolute atomic E-state index is 0.0135. The van der Waals surface area contributed by atoms with Gasteiger partial charge in [0.05, 0.1) is 18.1 Å². The van der Waals surface area contributed by atoms with E-state index in [1.165, 1.54) is 4.90 Å². The molecule has 0 aromatic carbocycles. The van der Waals surface area contributed by atoms with Gasteiger partial charge < -0.3 is 10.0 Å². The Bertz CT molecular complexity index is 505. The minimum atomic E-state index is -3.05. The first-order valence-corrected chi connectivity index (χ1v) is 8.88. The van der Waals surface area contributed by atoms with E-state index in [9.17, 15) is 23.1 Å². The Morgan fingerprint density at radius 3 is 2.48 bits per heavy atom. The molecule has 1 rings (SSSR count). The maximum absolute atomic E-state index is 12.1. The van der Waals surface area contributed by atoms with E-state index in [2.05, 4.69) is 5.32 Å². The van der Waals surface area contributed by atoms with E-state index in [1.54, 1.807) is 14.0 Å². The van der Waals surface area contributed by atoms with Gasteiger partial charge in [-0.25, -0.2) is 8.42 Å². The van der Waals surface area contributed by atoms with E-state index in [0.29, 0.717) is 19.3 Å². The molecule has 1 fully saturated rings. The Hall–Kier alpha value is -1.15. The van der Waals surface area contributed by atoms with Gasteiger partial charge in [-0.3, -0.25) is 14.9 Å². The number of nitrogens with zero attached hydrogens (tertiary/aromatic N) is 1. The Morgan fingerprint density at radius 2 is 2.05 bits per heavy atom. The average Bonchev–Trinajstić information content (AvgIpc) is 2.75. The summed E-state index contributed by atoms with van der Waals surface area (Å²) >= 11 is 0. The van der Waals surface area contributed by atoms with Crippen LogP contribution in [0.2, 0.25) is 0 Å². The molecule has 0 saturated carbocycles. The summed E-state index contributed by atoms with van der Waals surface area (Å²) in [6, 6.07) is -0.313. The second kappa shape index (κ2) is 6.74. The normalized spacial score (nSPS) is 23.5. The van der Waals surface area contributed by atoms with Crippen LogP contribution in [0.25, 0.3) is 0 Å². The predicted octanol–water partition coefficient (Wildman–Crippen LogP) is -0.135. The standard InChI is InChI=1S/C13H24N2O5S/c1-4-6-13(2,12(17)18)14-8-11(16)15(3)10-5-7-21(19,20)9-10/h10,14H,4-9H2,1-3H3,(H,17,18). The van der Waals surface area contributed by atoms with Crippen molar-refractivity contribution in [2.45, 2.75) is 44.7 Å². The molecule has 1 amide bonds. The largest absolute Gasteiger partial charge is 0.480 e. The van der Waals surface area contributed by atoms with Crippen molar-refractivity contribution >= 4 is 21.7 Å². The Kier molecular flexibility index (Phi) is 5.75. The van der Waals surface area contributed by atoms with Crippen molar-refractivity contribution < 1.29 is 23.1 Å². The third kappa shape index (κ3) is 4.67. The number of amides is 1. The lowest BCUT2D eigenvalue weighted by atomic mass is 9.96. The van der Waals surface area contributed by atoms with Crippen LogP contribution in [0, 0.1) is 0 Å². The van der Waals surface area contributed by atoms with Gasteiger partial charge >= 0.3 is 5.97 Å². The minimum Gasteiger partial charge on any atom is -0.480 e. The summed E-state index contributed by atoms with van der Waals surface area (Å²) in [5, 5.41) is 12.0. The number of carbonyl (C=O) groups excluding carboxylic acids is 1. The van der Waals surface area contributed by atoms with Gasteiger partial charge in [-0.15, -0.1) is 0 Å². The number of hydrogen-bond acceptors (Lipinski definition) is 5. The van der Waals surface area contributed by atoms with E-state index in [4.69, 9.17) is 0 Å². The number of carboxylic acids is 1. The molecule has 1 saturated heterocycles. The van der Waals surface area contributed by atoms with Gasteiger partial charge in [-0.1, -0.05) is 13.3 Å². The molecule has 2 N–H and O–H groups in total. The highest BCUT2D eigenvalue weighted by Crippen LogP contribution is 2.17. The Morgan fingerprint density at radius 1 is 1.43 bits per heavy atom. The smallest absolute Gasteiger partial charge is 0.323 e. The van der Waals surface area contributed by atoms with Crippen LogP contribution in [0.3, 0.4) is 0 Å². The maximum atomic E-state index is 12.1. The zero-order valence-electron chi connectivity index (χ0n) is 12.8. The highest BCUT2D eigenvalue weighted by Gasteiger charge is 2.35. The number of aliphatic carboxylic acids is 1. The van der Waals surface area contributed by atoms with Gasteiger partial charge in [0.15, 0.2) is 9.84 Å². The molecule has 0 radical (unpaired) electrons. The number of nitrogens with one attached hydrogen (secondary N) is 1. The molecule has 122 valence electrons. The second-order valence-electron chi connectivity index (χ2n) is 5.80. The lowest BCUT2D eigenvalue weighted by Gasteiger charge is -2.28. The van der Waals surface area contributed by atoms with Crippen LogP contribution in [-0.4, -0.2) is 67.0 Å². The monoisotopic (exact) mass is 320 g/mol. The van der Waals surface area contributed by atoms with Crippen molar-refractivity contribution in [1.82, 2.24) is 10.2 Å². The predicted molar refractivity (Wildman–Crippen MR) is 78.8 cm³/mol. The first kappa shape index (κ1) is 17.9. The highest BCUT2D eigenvalue weighted by molar-refractivity contribution is 7.91. The van der Waals surface area contributed by atoms with E-state index >= 15 is 0 Å². The summed E-state index contributed by atoms with van der Waals surface area (Å²) < 4.78 is 22.9. The summed E-state index contributed by atoms with van der Waals surface area (Å²) in [6.07, 6.45) is 1.54. The van der Waals surface area contributed by atoms with E-state index < -0.39 is 21.3 Å².